The van der Waals surface area contributed by atoms with Gasteiger partial charge >= 0.3 is 0 Å². The monoisotopic (exact) mass is 469 g/mol. The van der Waals surface area contributed by atoms with E-state index in [4.69, 9.17) is 0 Å². The molecule has 1 aliphatic rings. The van der Waals surface area contributed by atoms with E-state index in [9.17, 15) is 8.42 Å². The summed E-state index contributed by atoms with van der Waals surface area (Å²) in [5.74, 6) is 0.0481. The Labute approximate surface area is 199 Å². The number of rotatable bonds is 11. The normalized spacial score (nSPS) is 15.3. The summed E-state index contributed by atoms with van der Waals surface area (Å²) in [6.45, 7) is 11.6. The zero-order chi connectivity index (χ0) is 24.1. The van der Waals surface area contributed by atoms with Gasteiger partial charge in [-0.2, -0.15) is 13.0 Å². The Morgan fingerprint density at radius 2 is 1.64 bits per heavy atom. The molecule has 0 bridgehead atoms. The van der Waals surface area contributed by atoms with Crippen molar-refractivity contribution in [2.75, 3.05) is 37.4 Å². The molecular weight excluding hydrogens is 432 g/mol. The first-order chi connectivity index (χ1) is 15.7. The standard InChI is InChI=1S/C27H37N2O3S/c1-6-28(7-2)23-17-14-22(15-18-23)16-19-26-27(3,4)24-12-8-9-13-25(24)29(26)20-10-11-21-33(30,31)32-5/h8-9,12-19H,6-7,10-11,20-21H2,1-5H3/q+1. The van der Waals surface area contributed by atoms with Gasteiger partial charge in [-0.1, -0.05) is 30.3 Å². The quantitative estimate of drug-likeness (QED) is 0.252. The van der Waals surface area contributed by atoms with Crippen molar-refractivity contribution in [3.05, 3.63) is 65.7 Å². The third-order valence-corrected chi connectivity index (χ3v) is 7.83. The SMILES string of the molecule is CCN(CC)c1ccc(C=CC2=[N+](CCCCS(=O)(=O)OC)c3ccccc3C2(C)C)cc1. The van der Waals surface area contributed by atoms with Crippen molar-refractivity contribution in [3.8, 4) is 0 Å². The molecule has 1 aliphatic heterocycles. The molecule has 1 heterocycles. The van der Waals surface area contributed by atoms with Crippen LogP contribution >= 0.6 is 0 Å². The zero-order valence-corrected chi connectivity index (χ0v) is 21.4. The van der Waals surface area contributed by atoms with Gasteiger partial charge in [0.2, 0.25) is 5.69 Å². The van der Waals surface area contributed by atoms with Gasteiger partial charge in [-0.05, 0) is 57.9 Å². The van der Waals surface area contributed by atoms with E-state index in [0.29, 0.717) is 6.42 Å². The summed E-state index contributed by atoms with van der Waals surface area (Å²) in [5, 5.41) is 0. The van der Waals surface area contributed by atoms with Crippen LogP contribution in [-0.2, 0) is 19.7 Å². The minimum atomic E-state index is -3.41. The van der Waals surface area contributed by atoms with Crippen molar-refractivity contribution < 1.29 is 17.2 Å². The molecule has 2 aromatic carbocycles. The number of para-hydroxylation sites is 1. The predicted octanol–water partition coefficient (Wildman–Crippen LogP) is 5.38. The molecule has 0 saturated heterocycles. The second kappa shape index (κ2) is 10.7. The third kappa shape index (κ3) is 5.74. The maximum Gasteiger partial charge on any atom is 0.267 e. The summed E-state index contributed by atoms with van der Waals surface area (Å²) in [4.78, 5) is 2.34. The molecule has 0 spiro atoms. The van der Waals surface area contributed by atoms with Crippen molar-refractivity contribution in [2.24, 2.45) is 0 Å². The van der Waals surface area contributed by atoms with Crippen molar-refractivity contribution in [1.29, 1.82) is 0 Å². The highest BCUT2D eigenvalue weighted by Gasteiger charge is 2.43. The molecule has 2 aromatic rings. The number of hydrogen-bond donors (Lipinski definition) is 0. The van der Waals surface area contributed by atoms with Crippen LogP contribution in [0.5, 0.6) is 0 Å². The van der Waals surface area contributed by atoms with Crippen LogP contribution in [-0.4, -0.2) is 51.2 Å². The Morgan fingerprint density at radius 1 is 0.970 bits per heavy atom. The minimum absolute atomic E-state index is 0.0481. The van der Waals surface area contributed by atoms with E-state index in [1.807, 2.05) is 0 Å². The number of unbranched alkanes of at least 4 members (excludes halogenated alkanes) is 1. The molecule has 0 atom stereocenters. The number of nitrogens with zero attached hydrogens (tertiary/aromatic N) is 2. The lowest BCUT2D eigenvalue weighted by atomic mass is 9.81. The van der Waals surface area contributed by atoms with Crippen LogP contribution in [0.1, 0.15) is 51.7 Å². The molecule has 0 N–H and O–H groups in total. The summed E-state index contributed by atoms with van der Waals surface area (Å²) < 4.78 is 30.3. The summed E-state index contributed by atoms with van der Waals surface area (Å²) >= 11 is 0. The van der Waals surface area contributed by atoms with Gasteiger partial charge in [-0.25, -0.2) is 0 Å². The van der Waals surface area contributed by atoms with E-state index in [1.54, 1.807) is 0 Å². The number of benzene rings is 2. The summed E-state index contributed by atoms with van der Waals surface area (Å²) in [5.41, 5.74) is 6.00. The summed E-state index contributed by atoms with van der Waals surface area (Å²) in [6.07, 6.45) is 5.73. The van der Waals surface area contributed by atoms with Gasteiger partial charge in [0, 0.05) is 42.9 Å². The fourth-order valence-corrected chi connectivity index (χ4v) is 5.30. The Kier molecular flexibility index (Phi) is 8.14. The van der Waals surface area contributed by atoms with E-state index in [0.717, 1.165) is 31.6 Å². The van der Waals surface area contributed by atoms with Crippen molar-refractivity contribution >= 4 is 33.3 Å². The molecule has 0 fully saturated rings. The molecule has 178 valence electrons. The lowest BCUT2D eigenvalue weighted by molar-refractivity contribution is -0.438. The van der Waals surface area contributed by atoms with Crippen LogP contribution in [0.2, 0.25) is 0 Å². The maximum atomic E-state index is 11.7. The molecule has 3 rings (SSSR count). The molecule has 0 saturated carbocycles. The van der Waals surface area contributed by atoms with Crippen molar-refractivity contribution in [1.82, 2.24) is 0 Å². The molecular formula is C27H37N2O3S+. The Hall–Kier alpha value is -2.44. The fourth-order valence-electron chi connectivity index (χ4n) is 4.57. The predicted molar refractivity (Wildman–Crippen MR) is 138 cm³/mol. The highest BCUT2D eigenvalue weighted by molar-refractivity contribution is 7.86. The first-order valence-corrected chi connectivity index (χ1v) is 13.4. The first kappa shape index (κ1) is 25.2. The largest absolute Gasteiger partial charge is 0.372 e. The molecule has 0 radical (unpaired) electrons. The molecule has 0 aliphatic carbocycles. The summed E-state index contributed by atoms with van der Waals surface area (Å²) in [6, 6.07) is 17.2. The van der Waals surface area contributed by atoms with Gasteiger partial charge in [-0.3, -0.25) is 4.18 Å². The second-order valence-electron chi connectivity index (χ2n) is 8.91. The van der Waals surface area contributed by atoms with E-state index < -0.39 is 10.1 Å². The van der Waals surface area contributed by atoms with Crippen LogP contribution in [0, 0.1) is 0 Å². The third-order valence-electron chi connectivity index (χ3n) is 6.53. The Bertz CT molecular complexity index is 1110. The maximum absolute atomic E-state index is 11.7. The van der Waals surface area contributed by atoms with Gasteiger partial charge in [0.1, 0.15) is 6.54 Å². The van der Waals surface area contributed by atoms with E-state index in [1.165, 1.54) is 29.8 Å². The second-order valence-corrected chi connectivity index (χ2v) is 10.8. The molecule has 0 unspecified atom stereocenters. The van der Waals surface area contributed by atoms with E-state index in [2.05, 4.69) is 102 Å². The van der Waals surface area contributed by atoms with Crippen molar-refractivity contribution in [2.45, 2.75) is 46.0 Å². The van der Waals surface area contributed by atoms with Crippen LogP contribution < -0.4 is 4.90 Å². The number of anilines is 1. The van der Waals surface area contributed by atoms with Gasteiger partial charge in [0.05, 0.1) is 18.3 Å². The number of fused-ring (bicyclic) bond motifs is 1. The lowest BCUT2D eigenvalue weighted by Crippen LogP contribution is -2.28. The molecule has 0 aromatic heterocycles. The number of hydrogen-bond acceptors (Lipinski definition) is 4. The summed E-state index contributed by atoms with van der Waals surface area (Å²) in [7, 11) is -2.19. The van der Waals surface area contributed by atoms with Gasteiger partial charge < -0.3 is 4.90 Å². The minimum Gasteiger partial charge on any atom is -0.372 e. The van der Waals surface area contributed by atoms with E-state index >= 15 is 0 Å². The molecule has 5 nitrogen and oxygen atoms in total. The average Bonchev–Trinajstić information content (AvgIpc) is 3.03. The van der Waals surface area contributed by atoms with Gasteiger partial charge in [0.25, 0.3) is 10.1 Å². The smallest absolute Gasteiger partial charge is 0.267 e. The first-order valence-electron chi connectivity index (χ1n) is 11.8. The lowest BCUT2D eigenvalue weighted by Gasteiger charge is -2.20. The highest BCUT2D eigenvalue weighted by atomic mass is 32.2. The van der Waals surface area contributed by atoms with Crippen LogP contribution in [0.25, 0.3) is 6.08 Å². The van der Waals surface area contributed by atoms with Gasteiger partial charge in [-0.15, -0.1) is 0 Å². The van der Waals surface area contributed by atoms with Crippen LogP contribution in [0.4, 0.5) is 11.4 Å². The number of allylic oxidation sites excluding steroid dienone is 1. The van der Waals surface area contributed by atoms with Crippen LogP contribution in [0.15, 0.2) is 54.6 Å². The Morgan fingerprint density at radius 3 is 2.27 bits per heavy atom. The van der Waals surface area contributed by atoms with Crippen LogP contribution in [0.3, 0.4) is 0 Å². The Balaban J connectivity index is 1.86. The topological polar surface area (TPSA) is 49.6 Å². The molecule has 6 heteroatoms. The fraction of sp³-hybridized carbons (Fsp3) is 0.444. The molecule has 0 amide bonds. The highest BCUT2D eigenvalue weighted by Crippen LogP contribution is 2.40. The van der Waals surface area contributed by atoms with Gasteiger partial charge in [0.15, 0.2) is 5.71 Å². The average molecular weight is 470 g/mol. The van der Waals surface area contributed by atoms with Crippen molar-refractivity contribution in [3.63, 3.8) is 0 Å². The zero-order valence-electron chi connectivity index (χ0n) is 20.5. The molecule has 33 heavy (non-hydrogen) atoms. The van der Waals surface area contributed by atoms with E-state index in [-0.39, 0.29) is 11.2 Å².